The van der Waals surface area contributed by atoms with Crippen LogP contribution < -0.4 is 4.48 Å². The molecule has 4 heteroatoms. The zero-order valence-electron chi connectivity index (χ0n) is 9.81. The monoisotopic (exact) mass is 178 g/mol. The van der Waals surface area contributed by atoms with Crippen molar-refractivity contribution < 1.29 is 4.48 Å². The van der Waals surface area contributed by atoms with Gasteiger partial charge in [-0.25, -0.2) is 0 Å². The first kappa shape index (κ1) is 10.3. The van der Waals surface area contributed by atoms with Crippen LogP contribution in [0.25, 0.3) is 0 Å². The molecule has 1 aromatic rings. The molecule has 0 N–H and O–H groups in total. The summed E-state index contributed by atoms with van der Waals surface area (Å²) in [6, 6.07) is 0. The minimum absolute atomic E-state index is 0.000648. The Balaban J connectivity index is 3.36. The van der Waals surface area contributed by atoms with Gasteiger partial charge >= 0.3 is 6.85 Å². The van der Waals surface area contributed by atoms with Crippen LogP contribution in [-0.4, -0.2) is 18.7 Å². The van der Waals surface area contributed by atoms with E-state index >= 15 is 0 Å². The van der Waals surface area contributed by atoms with E-state index in [-0.39, 0.29) is 7.41 Å². The second kappa shape index (κ2) is 3.52. The van der Waals surface area contributed by atoms with Gasteiger partial charge in [-0.2, -0.15) is 6.82 Å². The van der Waals surface area contributed by atoms with Gasteiger partial charge in [0.25, 0.3) is 0 Å². The molecule has 1 unspecified atom stereocenters. The molecule has 0 radical (unpaired) electrons. The third-order valence-electron chi connectivity index (χ3n) is 3.29. The van der Waals surface area contributed by atoms with Gasteiger partial charge in [0, 0.05) is 6.92 Å². The molecule has 1 aromatic heterocycles. The fraction of sp³-hybridized carbons (Fsp3) is 0.556. The summed E-state index contributed by atoms with van der Waals surface area (Å²) in [5.74, 6) is 1.40. The summed E-state index contributed by atoms with van der Waals surface area (Å²) in [6.07, 6.45) is 0. The van der Waals surface area contributed by atoms with Gasteiger partial charge in [-0.15, -0.1) is 6.82 Å². The van der Waals surface area contributed by atoms with E-state index < -0.39 is 6.85 Å². The van der Waals surface area contributed by atoms with E-state index in [9.17, 15) is 0 Å². The van der Waals surface area contributed by atoms with Crippen LogP contribution in [0.15, 0.2) is 0 Å². The van der Waals surface area contributed by atoms with Crippen LogP contribution in [0.3, 0.4) is 0 Å². The number of aromatic nitrogens is 2. The number of imidazole rings is 1. The van der Waals surface area contributed by atoms with Gasteiger partial charge in [0.05, 0.1) is 11.4 Å². The molecule has 0 bridgehead atoms. The highest BCUT2D eigenvalue weighted by molar-refractivity contribution is 6.57. The molecule has 13 heavy (non-hydrogen) atoms. The van der Waals surface area contributed by atoms with E-state index in [4.69, 9.17) is 0 Å². The first-order valence-corrected chi connectivity index (χ1v) is 5.61. The standard InChI is InChI=1S/C9H20B2N2/c1-7-8(2)13(11(5)6)9(3)12(7)10-4/h11H,5,10H2,1-4,6H3. The Morgan fingerprint density at radius 1 is 1.38 bits per heavy atom. The first-order chi connectivity index (χ1) is 6.00. The minimum Gasteiger partial charge on any atom is -0.440 e. The van der Waals surface area contributed by atoms with Crippen LogP contribution in [0.1, 0.15) is 17.2 Å². The molecule has 0 saturated carbocycles. The van der Waals surface area contributed by atoms with Crippen molar-refractivity contribution >= 4 is 14.3 Å². The summed E-state index contributed by atoms with van der Waals surface area (Å²) in [5, 5.41) is 0. The zero-order chi connectivity index (χ0) is 10.2. The molecule has 0 fully saturated rings. The summed E-state index contributed by atoms with van der Waals surface area (Å²) in [4.78, 5) is 0. The quantitative estimate of drug-likeness (QED) is 0.453. The first-order valence-electron chi connectivity index (χ1n) is 5.61. The number of nitrogens with zero attached hydrogens (tertiary/aromatic N) is 2. The van der Waals surface area contributed by atoms with E-state index in [2.05, 4.69) is 50.2 Å². The van der Waals surface area contributed by atoms with Gasteiger partial charge in [-0.1, -0.05) is 6.82 Å². The molecule has 0 aromatic carbocycles. The van der Waals surface area contributed by atoms with Crippen molar-refractivity contribution in [3.05, 3.63) is 24.0 Å². The largest absolute Gasteiger partial charge is 0.440 e. The predicted octanol–water partition coefficient (Wildman–Crippen LogP) is 0.256. The van der Waals surface area contributed by atoms with Crippen molar-refractivity contribution in [1.29, 1.82) is 0 Å². The Hall–Kier alpha value is -0.790. The van der Waals surface area contributed by atoms with E-state index in [1.54, 1.807) is 0 Å². The third kappa shape index (κ3) is 1.50. The van der Waals surface area contributed by atoms with Gasteiger partial charge in [0.1, 0.15) is 0 Å². The summed E-state index contributed by atoms with van der Waals surface area (Å²) < 4.78 is 4.88. The number of rotatable bonds is 2. The molecule has 0 saturated heterocycles. The summed E-state index contributed by atoms with van der Waals surface area (Å²) in [6.45, 7) is 14.9. The highest BCUT2D eigenvalue weighted by Gasteiger charge is 2.18. The predicted molar refractivity (Wildman–Crippen MR) is 62.4 cm³/mol. The molecule has 0 aliphatic heterocycles. The molecular formula is C9H20B2N2. The minimum atomic E-state index is -0.445. The Labute approximate surface area is 82.3 Å². The van der Waals surface area contributed by atoms with Crippen molar-refractivity contribution in [3.8, 4) is 0 Å². The van der Waals surface area contributed by atoms with E-state index in [0.29, 0.717) is 0 Å². The smallest absolute Gasteiger partial charge is 0.362 e. The van der Waals surface area contributed by atoms with Crippen LogP contribution in [0.5, 0.6) is 0 Å². The molecule has 0 amide bonds. The molecule has 1 heterocycles. The van der Waals surface area contributed by atoms with Crippen molar-refractivity contribution in [3.63, 3.8) is 0 Å². The summed E-state index contributed by atoms with van der Waals surface area (Å²) in [7, 11) is -0.000648. The van der Waals surface area contributed by atoms with Gasteiger partial charge in [-0.05, 0) is 13.8 Å². The van der Waals surface area contributed by atoms with Gasteiger partial charge in [0.2, 0.25) is 0 Å². The SMILES string of the molecule is [CH2+][BH-](C)n1c(C)c(C)[n+]([BH2-]C)c1C. The summed E-state index contributed by atoms with van der Waals surface area (Å²) in [5.41, 5.74) is 2.84. The van der Waals surface area contributed by atoms with Crippen molar-refractivity contribution in [2.75, 3.05) is 0 Å². The second-order valence-electron chi connectivity index (χ2n) is 4.19. The van der Waals surface area contributed by atoms with Crippen LogP contribution in [-0.2, 0) is 0 Å². The molecule has 0 aliphatic rings. The highest BCUT2D eigenvalue weighted by Crippen LogP contribution is 2.07. The topological polar surface area (TPSA) is 8.81 Å². The summed E-state index contributed by atoms with van der Waals surface area (Å²) >= 11 is 0. The molecule has 1 atom stereocenters. The van der Waals surface area contributed by atoms with Crippen LogP contribution in [0.4, 0.5) is 0 Å². The Morgan fingerprint density at radius 2 is 1.92 bits per heavy atom. The van der Waals surface area contributed by atoms with Gasteiger partial charge in [0.15, 0.2) is 13.2 Å². The Bertz CT molecular complexity index is 316. The molecule has 2 nitrogen and oxygen atoms in total. The van der Waals surface area contributed by atoms with Crippen LogP contribution in [0, 0.1) is 27.6 Å². The highest BCUT2D eigenvalue weighted by atomic mass is 15.1. The van der Waals surface area contributed by atoms with E-state index in [1.807, 2.05) is 0 Å². The maximum absolute atomic E-state index is 4.17. The molecule has 1 rings (SSSR count). The Kier molecular flexibility index (Phi) is 2.79. The lowest BCUT2D eigenvalue weighted by atomic mass is 9.67. The lowest BCUT2D eigenvalue weighted by Gasteiger charge is -2.08. The fourth-order valence-corrected chi connectivity index (χ4v) is 2.56. The normalized spacial score (nSPS) is 13.3. The zero-order valence-corrected chi connectivity index (χ0v) is 9.81. The van der Waals surface area contributed by atoms with Gasteiger partial charge in [-0.3, -0.25) is 0 Å². The molecule has 72 valence electrons. The third-order valence-corrected chi connectivity index (χ3v) is 3.29. The fourth-order valence-electron chi connectivity index (χ4n) is 2.56. The van der Waals surface area contributed by atoms with E-state index in [0.717, 1.165) is 0 Å². The Morgan fingerprint density at radius 3 is 2.15 bits per heavy atom. The molecule has 0 aliphatic carbocycles. The number of hydrogen-bond donors (Lipinski definition) is 0. The lowest BCUT2D eigenvalue weighted by Crippen LogP contribution is -2.43. The number of hydrogen-bond acceptors (Lipinski definition) is 0. The van der Waals surface area contributed by atoms with Crippen LogP contribution >= 0.6 is 0 Å². The second-order valence-corrected chi connectivity index (χ2v) is 4.19. The van der Waals surface area contributed by atoms with Crippen LogP contribution in [0.2, 0.25) is 13.6 Å². The molecule has 0 spiro atoms. The lowest BCUT2D eigenvalue weighted by molar-refractivity contribution is -0.543. The van der Waals surface area contributed by atoms with Crippen molar-refractivity contribution in [1.82, 2.24) is 4.48 Å². The van der Waals surface area contributed by atoms with Gasteiger partial charge < -0.3 is 8.96 Å². The average molecular weight is 178 g/mol. The maximum atomic E-state index is 4.17. The van der Waals surface area contributed by atoms with E-state index in [1.165, 1.54) is 17.2 Å². The molecular weight excluding hydrogens is 158 g/mol. The van der Waals surface area contributed by atoms with Crippen molar-refractivity contribution in [2.24, 2.45) is 0 Å². The maximum Gasteiger partial charge on any atom is 0.362 e. The van der Waals surface area contributed by atoms with Crippen molar-refractivity contribution in [2.45, 2.75) is 34.4 Å². The average Bonchev–Trinajstić information content (AvgIpc) is 2.24.